The number of hydrazone groups is 1. The van der Waals surface area contributed by atoms with Crippen LogP contribution < -0.4 is 4.90 Å². The first-order chi connectivity index (χ1) is 14.4. The van der Waals surface area contributed by atoms with Crippen LogP contribution in [0.5, 0.6) is 0 Å². The standard InChI is InChI=1S/C23H31N5O2/c1-15-11-21(25-26(5)18(15)4)23-24-20-8-7-19(27-9-10-30-14-16(27)2)12-22(20)28(23)17(3)13-29-6/h7-8,11-12,16-17H,4,9-10,13-14H2,1-3,5-6H3/t16-,17-/m0/s1. The van der Waals surface area contributed by atoms with Gasteiger partial charge in [-0.3, -0.25) is 5.01 Å². The highest BCUT2D eigenvalue weighted by atomic mass is 16.5. The third kappa shape index (κ3) is 3.63. The normalized spacial score (nSPS) is 21.1. The number of allylic oxidation sites excluding steroid dienone is 2. The van der Waals surface area contributed by atoms with Gasteiger partial charge in [0.1, 0.15) is 5.71 Å². The largest absolute Gasteiger partial charge is 0.383 e. The zero-order valence-corrected chi connectivity index (χ0v) is 18.6. The third-order valence-electron chi connectivity index (χ3n) is 5.91. The molecular weight excluding hydrogens is 378 g/mol. The number of anilines is 1. The van der Waals surface area contributed by atoms with Crippen molar-refractivity contribution in [3.8, 4) is 0 Å². The number of hydrogen-bond donors (Lipinski definition) is 0. The highest BCUT2D eigenvalue weighted by molar-refractivity contribution is 6.09. The van der Waals surface area contributed by atoms with E-state index in [0.29, 0.717) is 12.6 Å². The van der Waals surface area contributed by atoms with E-state index in [1.165, 1.54) is 5.69 Å². The Hall–Kier alpha value is -2.64. The molecule has 0 amide bonds. The Bertz CT molecular complexity index is 1020. The first kappa shape index (κ1) is 20.6. The van der Waals surface area contributed by atoms with Crippen molar-refractivity contribution in [2.75, 3.05) is 45.4 Å². The molecule has 2 aliphatic rings. The van der Waals surface area contributed by atoms with Crippen molar-refractivity contribution < 1.29 is 9.47 Å². The molecule has 2 atom stereocenters. The fraction of sp³-hybridized carbons (Fsp3) is 0.478. The Labute approximate surface area is 178 Å². The molecule has 7 nitrogen and oxygen atoms in total. The van der Waals surface area contributed by atoms with Crippen molar-refractivity contribution in [1.29, 1.82) is 0 Å². The number of rotatable bonds is 5. The second-order valence-electron chi connectivity index (χ2n) is 8.18. The third-order valence-corrected chi connectivity index (χ3v) is 5.91. The SMILES string of the molecule is C=C1C(C)=CC(c2nc3ccc(N4CCOC[C@@H]4C)cc3n2[C@@H](C)COC)=NN1C. The molecule has 1 fully saturated rings. The molecule has 1 aromatic heterocycles. The van der Waals surface area contributed by atoms with E-state index in [0.717, 1.165) is 53.6 Å². The number of likely N-dealkylation sites (N-methyl/N-ethyl adjacent to an activating group) is 1. The summed E-state index contributed by atoms with van der Waals surface area (Å²) in [6.45, 7) is 13.5. The topological polar surface area (TPSA) is 55.1 Å². The summed E-state index contributed by atoms with van der Waals surface area (Å²) in [6, 6.07) is 6.96. The zero-order valence-electron chi connectivity index (χ0n) is 18.6. The smallest absolute Gasteiger partial charge is 0.161 e. The van der Waals surface area contributed by atoms with Crippen LogP contribution in [0.25, 0.3) is 11.0 Å². The second-order valence-corrected chi connectivity index (χ2v) is 8.18. The van der Waals surface area contributed by atoms with E-state index in [2.05, 4.69) is 61.1 Å². The van der Waals surface area contributed by atoms with Gasteiger partial charge in [0.05, 0.1) is 42.6 Å². The summed E-state index contributed by atoms with van der Waals surface area (Å²) in [6.07, 6.45) is 2.06. The molecule has 0 aliphatic carbocycles. The van der Waals surface area contributed by atoms with Gasteiger partial charge in [0.2, 0.25) is 0 Å². The van der Waals surface area contributed by atoms with Crippen molar-refractivity contribution in [2.24, 2.45) is 5.10 Å². The minimum Gasteiger partial charge on any atom is -0.383 e. The molecule has 4 rings (SSSR count). The lowest BCUT2D eigenvalue weighted by Gasteiger charge is -2.35. The van der Waals surface area contributed by atoms with Crippen LogP contribution in [0.15, 0.2) is 47.2 Å². The van der Waals surface area contributed by atoms with Crippen molar-refractivity contribution >= 4 is 22.4 Å². The van der Waals surface area contributed by atoms with Crippen molar-refractivity contribution in [3.05, 3.63) is 47.9 Å². The molecule has 0 saturated carbocycles. The number of ether oxygens (including phenoxy) is 2. The molecule has 7 heteroatoms. The van der Waals surface area contributed by atoms with Crippen LogP contribution in [-0.4, -0.2) is 66.8 Å². The van der Waals surface area contributed by atoms with E-state index in [1.807, 2.05) is 12.1 Å². The van der Waals surface area contributed by atoms with Crippen molar-refractivity contribution in [1.82, 2.24) is 14.6 Å². The van der Waals surface area contributed by atoms with Crippen LogP contribution in [0.1, 0.15) is 32.6 Å². The number of benzene rings is 1. The Morgan fingerprint density at radius 1 is 1.37 bits per heavy atom. The maximum atomic E-state index is 5.62. The lowest BCUT2D eigenvalue weighted by molar-refractivity contribution is 0.0989. The molecule has 0 radical (unpaired) electrons. The minimum atomic E-state index is 0.110. The number of nitrogens with zero attached hydrogens (tertiary/aromatic N) is 5. The monoisotopic (exact) mass is 409 g/mol. The van der Waals surface area contributed by atoms with Gasteiger partial charge in [0.25, 0.3) is 0 Å². The summed E-state index contributed by atoms with van der Waals surface area (Å²) >= 11 is 0. The molecule has 0 unspecified atom stereocenters. The van der Waals surface area contributed by atoms with Gasteiger partial charge in [-0.1, -0.05) is 6.58 Å². The average Bonchev–Trinajstić information content (AvgIpc) is 3.11. The van der Waals surface area contributed by atoms with Gasteiger partial charge >= 0.3 is 0 Å². The maximum Gasteiger partial charge on any atom is 0.161 e. The maximum absolute atomic E-state index is 5.62. The van der Waals surface area contributed by atoms with Crippen molar-refractivity contribution in [3.63, 3.8) is 0 Å². The molecule has 1 saturated heterocycles. The van der Waals surface area contributed by atoms with E-state index in [1.54, 1.807) is 7.11 Å². The van der Waals surface area contributed by atoms with Crippen LogP contribution in [0, 0.1) is 0 Å². The Balaban J connectivity index is 1.85. The zero-order chi connectivity index (χ0) is 21.4. The molecule has 0 N–H and O–H groups in total. The van der Waals surface area contributed by atoms with E-state index >= 15 is 0 Å². The van der Waals surface area contributed by atoms with Gasteiger partial charge in [0.15, 0.2) is 5.82 Å². The first-order valence-corrected chi connectivity index (χ1v) is 10.5. The fourth-order valence-corrected chi connectivity index (χ4v) is 4.22. The highest BCUT2D eigenvalue weighted by Gasteiger charge is 2.24. The number of methoxy groups -OCH3 is 1. The summed E-state index contributed by atoms with van der Waals surface area (Å²) < 4.78 is 13.4. The number of fused-ring (bicyclic) bond motifs is 1. The van der Waals surface area contributed by atoms with E-state index in [4.69, 9.17) is 19.6 Å². The summed E-state index contributed by atoms with van der Waals surface area (Å²) in [4.78, 5) is 7.38. The van der Waals surface area contributed by atoms with Gasteiger partial charge < -0.3 is 18.9 Å². The van der Waals surface area contributed by atoms with Crippen LogP contribution >= 0.6 is 0 Å². The molecule has 160 valence electrons. The molecule has 2 aliphatic heterocycles. The number of imidazole rings is 1. The fourth-order valence-electron chi connectivity index (χ4n) is 4.22. The Morgan fingerprint density at radius 3 is 2.87 bits per heavy atom. The van der Waals surface area contributed by atoms with Gasteiger partial charge in [-0.05, 0) is 50.6 Å². The van der Waals surface area contributed by atoms with E-state index < -0.39 is 0 Å². The van der Waals surface area contributed by atoms with Gasteiger partial charge in [-0.25, -0.2) is 4.98 Å². The molecule has 0 bridgehead atoms. The number of hydrogen-bond acceptors (Lipinski definition) is 6. The Kier molecular flexibility index (Phi) is 5.66. The summed E-state index contributed by atoms with van der Waals surface area (Å²) in [5, 5.41) is 6.55. The number of morpholine rings is 1. The summed E-state index contributed by atoms with van der Waals surface area (Å²) in [5.74, 6) is 0.848. The Morgan fingerprint density at radius 2 is 2.17 bits per heavy atom. The summed E-state index contributed by atoms with van der Waals surface area (Å²) in [5.41, 5.74) is 6.06. The molecular formula is C23H31N5O2. The molecule has 2 aromatic rings. The predicted molar refractivity (Wildman–Crippen MR) is 121 cm³/mol. The lowest BCUT2D eigenvalue weighted by atomic mass is 10.1. The van der Waals surface area contributed by atoms with Gasteiger partial charge in [-0.2, -0.15) is 5.10 Å². The average molecular weight is 410 g/mol. The van der Waals surface area contributed by atoms with Crippen LogP contribution in [-0.2, 0) is 9.47 Å². The molecule has 3 heterocycles. The quantitative estimate of drug-likeness (QED) is 0.756. The lowest BCUT2D eigenvalue weighted by Crippen LogP contribution is -2.43. The minimum absolute atomic E-state index is 0.110. The van der Waals surface area contributed by atoms with Crippen LogP contribution in [0.4, 0.5) is 5.69 Å². The van der Waals surface area contributed by atoms with E-state index in [-0.39, 0.29) is 6.04 Å². The molecule has 0 spiro atoms. The first-order valence-electron chi connectivity index (χ1n) is 10.5. The van der Waals surface area contributed by atoms with Crippen molar-refractivity contribution in [2.45, 2.75) is 32.9 Å². The van der Waals surface area contributed by atoms with Gasteiger partial charge in [0, 0.05) is 32.4 Å². The number of aromatic nitrogens is 2. The van der Waals surface area contributed by atoms with Crippen LogP contribution in [0.3, 0.4) is 0 Å². The summed E-state index contributed by atoms with van der Waals surface area (Å²) in [7, 11) is 3.65. The molecule has 1 aromatic carbocycles. The highest BCUT2D eigenvalue weighted by Crippen LogP contribution is 2.30. The second kappa shape index (κ2) is 8.24. The predicted octanol–water partition coefficient (Wildman–Crippen LogP) is 3.58. The van der Waals surface area contributed by atoms with Gasteiger partial charge in [-0.15, -0.1) is 0 Å². The van der Waals surface area contributed by atoms with E-state index in [9.17, 15) is 0 Å². The molecule has 30 heavy (non-hydrogen) atoms. The van der Waals surface area contributed by atoms with Crippen LogP contribution in [0.2, 0.25) is 0 Å².